The number of thiophene rings is 1. The normalized spacial score (nSPS) is 11.8. The van der Waals surface area contributed by atoms with Crippen LogP contribution in [0.2, 0.25) is 5.02 Å². The van der Waals surface area contributed by atoms with Gasteiger partial charge in [-0.2, -0.15) is 0 Å². The van der Waals surface area contributed by atoms with E-state index in [0.29, 0.717) is 5.02 Å². The van der Waals surface area contributed by atoms with E-state index >= 15 is 0 Å². The first-order chi connectivity index (χ1) is 21.2. The van der Waals surface area contributed by atoms with Crippen LogP contribution in [0.1, 0.15) is 0 Å². The lowest BCUT2D eigenvalue weighted by Crippen LogP contribution is -2.10. The van der Waals surface area contributed by atoms with Gasteiger partial charge in [-0.3, -0.25) is 4.57 Å². The predicted molar refractivity (Wildman–Crippen MR) is 183 cm³/mol. The Morgan fingerprint density at radius 2 is 1.37 bits per heavy atom. The van der Waals surface area contributed by atoms with Gasteiger partial charge in [0.05, 0.1) is 21.3 Å². The fourth-order valence-corrected chi connectivity index (χ4v) is 7.76. The van der Waals surface area contributed by atoms with Crippen molar-refractivity contribution in [3.05, 3.63) is 145 Å². The molecule has 3 heterocycles. The van der Waals surface area contributed by atoms with Crippen molar-refractivity contribution in [2.75, 3.05) is 4.90 Å². The second-order valence-electron chi connectivity index (χ2n) is 10.7. The summed E-state index contributed by atoms with van der Waals surface area (Å²) in [5.41, 5.74) is 7.09. The second-order valence-corrected chi connectivity index (χ2v) is 12.2. The molecular weight excluding hydrogens is 568 g/mol. The average molecular weight is 591 g/mol. The fourth-order valence-electron chi connectivity index (χ4n) is 6.39. The van der Waals surface area contributed by atoms with Crippen molar-refractivity contribution >= 4 is 93.1 Å². The summed E-state index contributed by atoms with van der Waals surface area (Å²) in [7, 11) is 0. The Bertz CT molecular complexity index is 2470. The van der Waals surface area contributed by atoms with E-state index in [2.05, 4.69) is 125 Å². The molecule has 6 aromatic carbocycles. The molecule has 204 valence electrons. The lowest BCUT2D eigenvalue weighted by Gasteiger charge is -2.26. The smallest absolute Gasteiger partial charge is 0.213 e. The van der Waals surface area contributed by atoms with Gasteiger partial charge in [0, 0.05) is 48.3 Å². The molecule has 9 aromatic rings. The summed E-state index contributed by atoms with van der Waals surface area (Å²) in [4.78, 5) is 2.37. The molecule has 0 aliphatic heterocycles. The number of aromatic nitrogens is 1. The molecule has 0 radical (unpaired) electrons. The minimum absolute atomic E-state index is 0.694. The third-order valence-electron chi connectivity index (χ3n) is 8.24. The zero-order chi connectivity index (χ0) is 28.5. The van der Waals surface area contributed by atoms with Crippen LogP contribution >= 0.6 is 22.9 Å². The SMILES string of the molecule is Clc1ccc2oc3c(c2c1)c1ccc(N(c2ccccc2)c2cccc4c2sc2ccccc24)cc1n3-c1ccccc1. The van der Waals surface area contributed by atoms with Gasteiger partial charge in [0.2, 0.25) is 5.71 Å². The van der Waals surface area contributed by atoms with Crippen LogP contribution < -0.4 is 4.90 Å². The largest absolute Gasteiger partial charge is 0.439 e. The van der Waals surface area contributed by atoms with Gasteiger partial charge < -0.3 is 9.32 Å². The third-order valence-corrected chi connectivity index (χ3v) is 9.68. The van der Waals surface area contributed by atoms with Crippen LogP contribution in [0.15, 0.2) is 144 Å². The number of hydrogen-bond acceptors (Lipinski definition) is 3. The van der Waals surface area contributed by atoms with Crippen molar-refractivity contribution in [1.29, 1.82) is 0 Å². The summed E-state index contributed by atoms with van der Waals surface area (Å²) >= 11 is 8.32. The highest BCUT2D eigenvalue weighted by Crippen LogP contribution is 2.46. The number of rotatable bonds is 4. The van der Waals surface area contributed by atoms with E-state index in [9.17, 15) is 0 Å². The number of furan rings is 1. The number of benzene rings is 6. The molecule has 0 spiro atoms. The van der Waals surface area contributed by atoms with Gasteiger partial charge in [-0.1, -0.05) is 78.3 Å². The highest BCUT2D eigenvalue weighted by atomic mass is 35.5. The van der Waals surface area contributed by atoms with E-state index in [-0.39, 0.29) is 0 Å². The van der Waals surface area contributed by atoms with Crippen LogP contribution in [0.5, 0.6) is 0 Å². The Labute approximate surface area is 256 Å². The third kappa shape index (κ3) is 3.74. The number of hydrogen-bond donors (Lipinski definition) is 0. The van der Waals surface area contributed by atoms with Gasteiger partial charge in [0.25, 0.3) is 0 Å². The van der Waals surface area contributed by atoms with Crippen LogP contribution in [0, 0.1) is 0 Å². The molecule has 0 amide bonds. The van der Waals surface area contributed by atoms with Crippen molar-refractivity contribution in [3.63, 3.8) is 0 Å². The van der Waals surface area contributed by atoms with Crippen molar-refractivity contribution in [2.24, 2.45) is 0 Å². The van der Waals surface area contributed by atoms with E-state index < -0.39 is 0 Å². The van der Waals surface area contributed by atoms with Gasteiger partial charge in [0.1, 0.15) is 5.58 Å². The molecule has 0 saturated heterocycles. The molecule has 3 aromatic heterocycles. The van der Waals surface area contributed by atoms with E-state index in [0.717, 1.165) is 55.7 Å². The maximum Gasteiger partial charge on any atom is 0.213 e. The topological polar surface area (TPSA) is 21.3 Å². The number of anilines is 3. The Morgan fingerprint density at radius 3 is 2.23 bits per heavy atom. The van der Waals surface area contributed by atoms with Gasteiger partial charge in [0.15, 0.2) is 0 Å². The Hall–Kier alpha value is -5.03. The van der Waals surface area contributed by atoms with Crippen LogP contribution in [0.3, 0.4) is 0 Å². The maximum atomic E-state index is 6.53. The molecule has 43 heavy (non-hydrogen) atoms. The van der Waals surface area contributed by atoms with Gasteiger partial charge >= 0.3 is 0 Å². The first-order valence-electron chi connectivity index (χ1n) is 14.2. The first-order valence-corrected chi connectivity index (χ1v) is 15.4. The predicted octanol–water partition coefficient (Wildman–Crippen LogP) is 12.0. The maximum absolute atomic E-state index is 6.53. The van der Waals surface area contributed by atoms with E-state index in [4.69, 9.17) is 16.0 Å². The standard InChI is InChI=1S/C38H23ClN2OS/c39-24-18-21-34-31(22-24)36-30-20-19-27(23-33(30)41(38(36)42-34)26-12-5-2-6-13-26)40(25-10-3-1-4-11-25)32-16-9-15-29-28-14-7-8-17-35(28)43-37(29)32/h1-23H. The summed E-state index contributed by atoms with van der Waals surface area (Å²) in [6, 6.07) is 48.9. The summed E-state index contributed by atoms with van der Waals surface area (Å²) < 4.78 is 11.3. The number of para-hydroxylation sites is 2. The first kappa shape index (κ1) is 24.6. The summed E-state index contributed by atoms with van der Waals surface area (Å²) in [5.74, 6) is 0. The number of nitrogens with zero attached hydrogens (tertiary/aromatic N) is 2. The molecule has 0 aliphatic rings. The Balaban J connectivity index is 1.36. The monoisotopic (exact) mass is 590 g/mol. The van der Waals surface area contributed by atoms with Crippen LogP contribution in [-0.2, 0) is 0 Å². The molecule has 9 rings (SSSR count). The minimum Gasteiger partial charge on any atom is -0.439 e. The van der Waals surface area contributed by atoms with E-state index in [1.54, 1.807) is 0 Å². The molecular formula is C38H23ClN2OS. The Morgan fingerprint density at radius 1 is 0.605 bits per heavy atom. The Kier molecular flexibility index (Phi) is 5.42. The van der Waals surface area contributed by atoms with Crippen LogP contribution in [0.25, 0.3) is 58.8 Å². The zero-order valence-electron chi connectivity index (χ0n) is 22.9. The summed E-state index contributed by atoms with van der Waals surface area (Å²) in [6.07, 6.45) is 0. The summed E-state index contributed by atoms with van der Waals surface area (Å²) in [6.45, 7) is 0. The van der Waals surface area contributed by atoms with Gasteiger partial charge in [-0.15, -0.1) is 11.3 Å². The van der Waals surface area contributed by atoms with Crippen LogP contribution in [0.4, 0.5) is 17.1 Å². The quantitative estimate of drug-likeness (QED) is 0.203. The van der Waals surface area contributed by atoms with Gasteiger partial charge in [-0.25, -0.2) is 0 Å². The van der Waals surface area contributed by atoms with Crippen LogP contribution in [-0.4, -0.2) is 4.57 Å². The molecule has 0 N–H and O–H groups in total. The van der Waals surface area contributed by atoms with Crippen molar-refractivity contribution in [2.45, 2.75) is 0 Å². The number of fused-ring (bicyclic) bond motifs is 8. The van der Waals surface area contributed by atoms with E-state index in [1.807, 2.05) is 35.6 Å². The van der Waals surface area contributed by atoms with Crippen molar-refractivity contribution in [1.82, 2.24) is 4.57 Å². The van der Waals surface area contributed by atoms with E-state index in [1.165, 1.54) is 20.2 Å². The van der Waals surface area contributed by atoms with Gasteiger partial charge in [-0.05, 0) is 72.8 Å². The molecule has 0 bridgehead atoms. The summed E-state index contributed by atoms with van der Waals surface area (Å²) in [5, 5.41) is 6.46. The second kappa shape index (κ2) is 9.50. The number of halogens is 1. The molecule has 5 heteroatoms. The van der Waals surface area contributed by atoms with Crippen molar-refractivity contribution < 1.29 is 4.42 Å². The van der Waals surface area contributed by atoms with Crippen molar-refractivity contribution in [3.8, 4) is 5.69 Å². The lowest BCUT2D eigenvalue weighted by atomic mass is 10.1. The zero-order valence-corrected chi connectivity index (χ0v) is 24.4. The fraction of sp³-hybridized carbons (Fsp3) is 0. The molecule has 0 unspecified atom stereocenters. The highest BCUT2D eigenvalue weighted by molar-refractivity contribution is 7.26. The lowest BCUT2D eigenvalue weighted by molar-refractivity contribution is 0.645. The minimum atomic E-state index is 0.694. The molecule has 0 fully saturated rings. The molecule has 0 aliphatic carbocycles. The molecule has 0 atom stereocenters. The molecule has 0 saturated carbocycles. The average Bonchev–Trinajstić information content (AvgIpc) is 3.71. The molecule has 3 nitrogen and oxygen atoms in total. The highest BCUT2D eigenvalue weighted by Gasteiger charge is 2.23.